The predicted molar refractivity (Wildman–Crippen MR) is 145 cm³/mol. The lowest BCUT2D eigenvalue weighted by Crippen LogP contribution is -2.35. The maximum Gasteiger partial charge on any atom is 0.293 e. The molecular formula is C31H23F6N5O2. The molecule has 2 amide bonds. The van der Waals surface area contributed by atoms with Gasteiger partial charge in [0.2, 0.25) is 11.8 Å². The Bertz CT molecular complexity index is 1820. The minimum absolute atomic E-state index is 0.0826. The number of halogens is 6. The van der Waals surface area contributed by atoms with Crippen LogP contribution in [0.3, 0.4) is 0 Å². The quantitative estimate of drug-likeness (QED) is 0.241. The maximum absolute atomic E-state index is 15.1. The first-order valence-electron chi connectivity index (χ1n) is 13.9. The molecule has 13 heteroatoms. The van der Waals surface area contributed by atoms with Crippen molar-refractivity contribution in [2.75, 3.05) is 5.32 Å². The monoisotopic (exact) mass is 611 g/mol. The molecule has 0 radical (unpaired) electrons. The lowest BCUT2D eigenvalue weighted by atomic mass is 9.94. The number of anilines is 1. The zero-order valence-corrected chi connectivity index (χ0v) is 22.8. The van der Waals surface area contributed by atoms with E-state index in [-0.39, 0.29) is 36.3 Å². The van der Waals surface area contributed by atoms with Crippen molar-refractivity contribution in [3.63, 3.8) is 0 Å². The van der Waals surface area contributed by atoms with E-state index in [1.165, 1.54) is 6.20 Å². The first-order chi connectivity index (χ1) is 21.0. The molecule has 0 bridgehead atoms. The number of nitrogens with zero attached hydrogens (tertiary/aromatic N) is 3. The molecule has 1 saturated carbocycles. The van der Waals surface area contributed by atoms with E-state index in [4.69, 9.17) is 0 Å². The second-order valence-corrected chi connectivity index (χ2v) is 11.3. The van der Waals surface area contributed by atoms with E-state index in [0.717, 1.165) is 17.7 Å². The van der Waals surface area contributed by atoms with Crippen molar-refractivity contribution in [3.05, 3.63) is 100 Å². The number of hydrogen-bond donors (Lipinski definition) is 2. The SMILES string of the molecule is O=C1Cc2cc(-c3cccnc3[C@H](Cc3cc(F)cc(F)c3)NC(=O)Cn3nc(C(F)F)c4c3C(F)(F)C3CC43)ccc2N1. The fraction of sp³-hybridized carbons (Fsp3) is 0.290. The van der Waals surface area contributed by atoms with E-state index >= 15 is 8.78 Å². The molecule has 1 aliphatic heterocycles. The second-order valence-electron chi connectivity index (χ2n) is 11.3. The number of benzene rings is 2. The van der Waals surface area contributed by atoms with Crippen molar-refractivity contribution >= 4 is 17.5 Å². The van der Waals surface area contributed by atoms with Crippen LogP contribution in [0.1, 0.15) is 58.6 Å². The molecule has 44 heavy (non-hydrogen) atoms. The number of fused-ring (bicyclic) bond motifs is 4. The highest BCUT2D eigenvalue weighted by molar-refractivity contribution is 5.99. The van der Waals surface area contributed by atoms with Crippen LogP contribution in [0.15, 0.2) is 54.7 Å². The van der Waals surface area contributed by atoms with Gasteiger partial charge in [-0.3, -0.25) is 19.3 Å². The van der Waals surface area contributed by atoms with Crippen LogP contribution in [0.25, 0.3) is 11.1 Å². The van der Waals surface area contributed by atoms with Gasteiger partial charge in [-0.25, -0.2) is 17.6 Å². The topological polar surface area (TPSA) is 88.9 Å². The number of carbonyl (C=O) groups is 2. The van der Waals surface area contributed by atoms with Gasteiger partial charge in [-0.05, 0) is 65.8 Å². The fourth-order valence-corrected chi connectivity index (χ4v) is 6.47. The van der Waals surface area contributed by atoms with Crippen molar-refractivity contribution < 1.29 is 35.9 Å². The van der Waals surface area contributed by atoms with E-state index in [1.807, 2.05) is 0 Å². The second kappa shape index (κ2) is 10.2. The maximum atomic E-state index is 15.1. The molecule has 3 aliphatic rings. The normalized spacial score (nSPS) is 19.8. The third-order valence-electron chi connectivity index (χ3n) is 8.37. The average molecular weight is 612 g/mol. The Morgan fingerprint density at radius 2 is 1.86 bits per heavy atom. The highest BCUT2D eigenvalue weighted by Gasteiger charge is 2.67. The molecule has 0 saturated heterocycles. The van der Waals surface area contributed by atoms with Crippen LogP contribution in [0, 0.1) is 17.6 Å². The van der Waals surface area contributed by atoms with Gasteiger partial charge in [-0.2, -0.15) is 13.9 Å². The summed E-state index contributed by atoms with van der Waals surface area (Å²) in [5.74, 6) is -7.89. The van der Waals surface area contributed by atoms with Gasteiger partial charge in [0.1, 0.15) is 29.6 Å². The van der Waals surface area contributed by atoms with Gasteiger partial charge in [-0.1, -0.05) is 12.1 Å². The predicted octanol–water partition coefficient (Wildman–Crippen LogP) is 5.96. The molecule has 0 spiro atoms. The molecule has 2 aliphatic carbocycles. The number of pyridine rings is 1. The first kappa shape index (κ1) is 28.1. The molecule has 1 fully saturated rings. The molecule has 2 aromatic heterocycles. The summed E-state index contributed by atoms with van der Waals surface area (Å²) in [6.07, 6.45) is -1.52. The Labute approximate surface area is 246 Å². The Morgan fingerprint density at radius 3 is 2.61 bits per heavy atom. The number of amides is 2. The highest BCUT2D eigenvalue weighted by Crippen LogP contribution is 2.68. The van der Waals surface area contributed by atoms with Gasteiger partial charge in [0.25, 0.3) is 12.3 Å². The summed E-state index contributed by atoms with van der Waals surface area (Å²) in [4.78, 5) is 29.8. The van der Waals surface area contributed by atoms with E-state index < -0.39 is 65.7 Å². The van der Waals surface area contributed by atoms with Crippen LogP contribution in [0.5, 0.6) is 0 Å². The van der Waals surface area contributed by atoms with Gasteiger partial charge in [-0.15, -0.1) is 0 Å². The summed E-state index contributed by atoms with van der Waals surface area (Å²) in [5, 5.41) is 9.18. The molecule has 3 heterocycles. The third kappa shape index (κ3) is 4.80. The molecule has 226 valence electrons. The van der Waals surface area contributed by atoms with E-state index in [0.29, 0.717) is 33.3 Å². The summed E-state index contributed by atoms with van der Waals surface area (Å²) < 4.78 is 86.5. The highest BCUT2D eigenvalue weighted by atomic mass is 19.3. The molecule has 4 aromatic rings. The molecule has 2 N–H and O–H groups in total. The zero-order chi connectivity index (χ0) is 30.9. The van der Waals surface area contributed by atoms with Crippen LogP contribution >= 0.6 is 0 Å². The van der Waals surface area contributed by atoms with Crippen LogP contribution in [0.2, 0.25) is 0 Å². The van der Waals surface area contributed by atoms with Crippen molar-refractivity contribution in [2.45, 2.75) is 50.1 Å². The lowest BCUT2D eigenvalue weighted by molar-refractivity contribution is -0.123. The average Bonchev–Trinajstić information content (AvgIpc) is 3.45. The minimum atomic E-state index is -3.41. The number of carbonyl (C=O) groups excluding carboxylic acids is 2. The largest absolute Gasteiger partial charge is 0.346 e. The van der Waals surface area contributed by atoms with Gasteiger partial charge in [0.05, 0.1) is 18.2 Å². The zero-order valence-electron chi connectivity index (χ0n) is 22.8. The van der Waals surface area contributed by atoms with Gasteiger partial charge in [0.15, 0.2) is 0 Å². The Balaban J connectivity index is 1.24. The van der Waals surface area contributed by atoms with Crippen LogP contribution in [-0.2, 0) is 34.9 Å². The van der Waals surface area contributed by atoms with Gasteiger partial charge >= 0.3 is 0 Å². The molecule has 2 aromatic carbocycles. The fourth-order valence-electron chi connectivity index (χ4n) is 6.47. The molecular weight excluding hydrogens is 588 g/mol. The van der Waals surface area contributed by atoms with Crippen LogP contribution < -0.4 is 10.6 Å². The number of aromatic nitrogens is 3. The van der Waals surface area contributed by atoms with Crippen molar-refractivity contribution in [3.8, 4) is 11.1 Å². The number of nitrogens with one attached hydrogen (secondary N) is 2. The molecule has 7 nitrogen and oxygen atoms in total. The summed E-state index contributed by atoms with van der Waals surface area (Å²) in [7, 11) is 0. The van der Waals surface area contributed by atoms with Crippen molar-refractivity contribution in [1.29, 1.82) is 0 Å². The van der Waals surface area contributed by atoms with E-state index in [9.17, 15) is 27.2 Å². The standard InChI is InChI=1S/C31H23F6N5O2/c32-17-6-14(7-18(33)11-17)8-23(27-19(2-1-5-38-27)15-3-4-22-16(9-15)10-24(43)39-22)40-25(44)13-42-29-26(28(41-42)30(34)35)20-12-21(20)31(29,36)37/h1-7,9,11,20-21,23,30H,8,10,12-13H2,(H,39,43)(H,40,44)/t20?,21?,23-/m0/s1. The van der Waals surface area contributed by atoms with Crippen LogP contribution in [-0.4, -0.2) is 26.6 Å². The number of hydrogen-bond acceptors (Lipinski definition) is 4. The number of alkyl halides is 4. The van der Waals surface area contributed by atoms with E-state index in [1.54, 1.807) is 30.3 Å². The van der Waals surface area contributed by atoms with Gasteiger partial charge < -0.3 is 10.6 Å². The Hall–Kier alpha value is -4.68. The minimum Gasteiger partial charge on any atom is -0.346 e. The Kier molecular flexibility index (Phi) is 6.52. The summed E-state index contributed by atoms with van der Waals surface area (Å²) in [6.45, 7) is -0.785. The summed E-state index contributed by atoms with van der Waals surface area (Å²) in [6, 6.07) is 10.5. The summed E-state index contributed by atoms with van der Waals surface area (Å²) in [5.41, 5.74) is 1.47. The lowest BCUT2D eigenvalue weighted by Gasteiger charge is -2.22. The van der Waals surface area contributed by atoms with Crippen LogP contribution in [0.4, 0.5) is 32.0 Å². The third-order valence-corrected chi connectivity index (χ3v) is 8.37. The number of rotatable bonds is 8. The van der Waals surface area contributed by atoms with E-state index in [2.05, 4.69) is 20.7 Å². The Morgan fingerprint density at radius 1 is 1.09 bits per heavy atom. The van der Waals surface area contributed by atoms with Crippen molar-refractivity contribution in [1.82, 2.24) is 20.1 Å². The smallest absolute Gasteiger partial charge is 0.293 e. The molecule has 2 unspecified atom stereocenters. The first-order valence-corrected chi connectivity index (χ1v) is 13.9. The van der Waals surface area contributed by atoms with Gasteiger partial charge in [0, 0.05) is 35.0 Å². The van der Waals surface area contributed by atoms with Crippen molar-refractivity contribution in [2.24, 2.45) is 5.92 Å². The molecule has 3 atom stereocenters. The molecule has 7 rings (SSSR count). The summed E-state index contributed by atoms with van der Waals surface area (Å²) >= 11 is 0.